The molecule has 0 aliphatic heterocycles. The molecule has 6 nitrogen and oxygen atoms in total. The van der Waals surface area contributed by atoms with Crippen molar-refractivity contribution in [2.75, 3.05) is 0 Å². The molecule has 0 saturated carbocycles. The van der Waals surface area contributed by atoms with Crippen LogP contribution in [0, 0.1) is 0 Å². The van der Waals surface area contributed by atoms with Crippen LogP contribution in [0.15, 0.2) is 18.2 Å². The third-order valence-electron chi connectivity index (χ3n) is 1.73. The molecule has 0 radical (unpaired) electrons. The summed E-state index contributed by atoms with van der Waals surface area (Å²) in [5.41, 5.74) is 0.308. The first-order valence-electron chi connectivity index (χ1n) is 3.97. The zero-order valence-corrected chi connectivity index (χ0v) is 8.60. The molecule has 1 rings (SSSR count). The summed E-state index contributed by atoms with van der Waals surface area (Å²) in [5.74, 6) is -0.712. The number of hydrogen-bond donors (Lipinski definition) is 3. The molecule has 0 bridgehead atoms. The lowest BCUT2D eigenvalue weighted by atomic mass is 10.1. The van der Waals surface area contributed by atoms with Gasteiger partial charge in [-0.2, -0.15) is 8.42 Å². The van der Waals surface area contributed by atoms with Crippen molar-refractivity contribution in [3.8, 4) is 11.5 Å². The van der Waals surface area contributed by atoms with Gasteiger partial charge >= 0.3 is 10.4 Å². The molecule has 3 N–H and O–H groups in total. The van der Waals surface area contributed by atoms with Crippen molar-refractivity contribution in [2.45, 2.75) is 13.0 Å². The van der Waals surface area contributed by atoms with E-state index in [9.17, 15) is 8.42 Å². The van der Waals surface area contributed by atoms with Crippen molar-refractivity contribution in [1.82, 2.24) is 0 Å². The van der Waals surface area contributed by atoms with Crippen LogP contribution in [0.3, 0.4) is 0 Å². The first kappa shape index (κ1) is 11.8. The van der Waals surface area contributed by atoms with Crippen molar-refractivity contribution in [2.24, 2.45) is 0 Å². The second-order valence-corrected chi connectivity index (χ2v) is 3.96. The molecule has 0 heterocycles. The Balaban J connectivity index is 2.92. The van der Waals surface area contributed by atoms with Gasteiger partial charge in [0.1, 0.15) is 6.10 Å². The fourth-order valence-corrected chi connectivity index (χ4v) is 1.51. The second-order valence-electron chi connectivity index (χ2n) is 2.91. The zero-order valence-electron chi connectivity index (χ0n) is 7.78. The van der Waals surface area contributed by atoms with E-state index in [2.05, 4.69) is 4.18 Å². The van der Waals surface area contributed by atoms with Gasteiger partial charge in [0.15, 0.2) is 11.5 Å². The van der Waals surface area contributed by atoms with Gasteiger partial charge in [-0.15, -0.1) is 0 Å². The van der Waals surface area contributed by atoms with Crippen LogP contribution in [0.25, 0.3) is 0 Å². The van der Waals surface area contributed by atoms with Crippen LogP contribution in [0.5, 0.6) is 11.5 Å². The van der Waals surface area contributed by atoms with E-state index in [4.69, 9.17) is 14.8 Å². The smallest absolute Gasteiger partial charge is 0.397 e. The molecule has 1 aromatic rings. The van der Waals surface area contributed by atoms with Gasteiger partial charge in [0, 0.05) is 0 Å². The van der Waals surface area contributed by atoms with Crippen LogP contribution in [0.4, 0.5) is 0 Å². The highest BCUT2D eigenvalue weighted by molar-refractivity contribution is 7.80. The maximum atomic E-state index is 10.4. The number of phenolic OH excluding ortho intramolecular Hbond substituents is 2. The van der Waals surface area contributed by atoms with Crippen LogP contribution in [-0.4, -0.2) is 23.2 Å². The molecule has 0 amide bonds. The SMILES string of the molecule is CC(OS(=O)(=O)O)c1ccc(O)c(O)c1. The summed E-state index contributed by atoms with van der Waals surface area (Å²) in [6.07, 6.45) is -0.952. The fraction of sp³-hybridized carbons (Fsp3) is 0.250. The molecule has 0 saturated heterocycles. The fourth-order valence-electron chi connectivity index (χ4n) is 1.03. The van der Waals surface area contributed by atoms with Crippen LogP contribution in [-0.2, 0) is 14.6 Å². The monoisotopic (exact) mass is 234 g/mol. The predicted octanol–water partition coefficient (Wildman–Crippen LogP) is 0.978. The largest absolute Gasteiger partial charge is 0.504 e. The van der Waals surface area contributed by atoms with E-state index < -0.39 is 22.3 Å². The summed E-state index contributed by atoms with van der Waals surface area (Å²) in [6.45, 7) is 1.37. The van der Waals surface area contributed by atoms with Crippen molar-refractivity contribution in [1.29, 1.82) is 0 Å². The molecule has 0 aliphatic rings. The highest BCUT2D eigenvalue weighted by atomic mass is 32.3. The minimum atomic E-state index is -4.54. The Kier molecular flexibility index (Phi) is 3.18. The average molecular weight is 234 g/mol. The molecule has 15 heavy (non-hydrogen) atoms. The lowest BCUT2D eigenvalue weighted by molar-refractivity contribution is 0.200. The van der Waals surface area contributed by atoms with Crippen molar-refractivity contribution in [3.05, 3.63) is 23.8 Å². The average Bonchev–Trinajstić information content (AvgIpc) is 2.06. The first-order chi connectivity index (χ1) is 6.79. The Morgan fingerprint density at radius 1 is 1.27 bits per heavy atom. The predicted molar refractivity (Wildman–Crippen MR) is 50.8 cm³/mol. The molecule has 0 fully saturated rings. The van der Waals surface area contributed by atoms with Crippen LogP contribution in [0.2, 0.25) is 0 Å². The first-order valence-corrected chi connectivity index (χ1v) is 5.33. The zero-order chi connectivity index (χ0) is 11.6. The molecule has 7 heteroatoms. The van der Waals surface area contributed by atoms with E-state index in [0.717, 1.165) is 6.07 Å². The van der Waals surface area contributed by atoms with Crippen LogP contribution < -0.4 is 0 Å². The molecule has 1 atom stereocenters. The minimum Gasteiger partial charge on any atom is -0.504 e. The molecule has 84 valence electrons. The number of hydrogen-bond acceptors (Lipinski definition) is 5. The van der Waals surface area contributed by atoms with E-state index in [0.29, 0.717) is 5.56 Å². The molecule has 0 aromatic heterocycles. The van der Waals surface area contributed by atoms with E-state index in [1.54, 1.807) is 0 Å². The lowest BCUT2D eigenvalue weighted by Gasteiger charge is -2.10. The second kappa shape index (κ2) is 4.05. The van der Waals surface area contributed by atoms with E-state index in [1.165, 1.54) is 19.1 Å². The summed E-state index contributed by atoms with van der Waals surface area (Å²) in [5, 5.41) is 18.1. The van der Waals surface area contributed by atoms with Gasteiger partial charge in [0.05, 0.1) is 0 Å². The summed E-state index contributed by atoms with van der Waals surface area (Å²) in [6, 6.07) is 3.70. The van der Waals surface area contributed by atoms with E-state index >= 15 is 0 Å². The van der Waals surface area contributed by atoms with Crippen molar-refractivity contribution >= 4 is 10.4 Å². The topological polar surface area (TPSA) is 104 Å². The van der Waals surface area contributed by atoms with Gasteiger partial charge in [-0.25, -0.2) is 4.18 Å². The van der Waals surface area contributed by atoms with E-state index in [-0.39, 0.29) is 5.75 Å². The maximum absolute atomic E-state index is 10.4. The molecular weight excluding hydrogens is 224 g/mol. The summed E-state index contributed by atoms with van der Waals surface area (Å²) in [4.78, 5) is 0. The Morgan fingerprint density at radius 2 is 1.87 bits per heavy atom. The third-order valence-corrected chi connectivity index (χ3v) is 2.27. The highest BCUT2D eigenvalue weighted by Gasteiger charge is 2.15. The van der Waals surface area contributed by atoms with Gasteiger partial charge in [0.25, 0.3) is 0 Å². The van der Waals surface area contributed by atoms with Gasteiger partial charge in [-0.1, -0.05) is 6.07 Å². The number of rotatable bonds is 3. The minimum absolute atomic E-state index is 0.308. The third kappa shape index (κ3) is 3.39. The normalized spacial score (nSPS) is 13.7. The van der Waals surface area contributed by atoms with Crippen molar-refractivity contribution in [3.63, 3.8) is 0 Å². The van der Waals surface area contributed by atoms with Gasteiger partial charge in [-0.05, 0) is 24.6 Å². The van der Waals surface area contributed by atoms with Gasteiger partial charge < -0.3 is 10.2 Å². The lowest BCUT2D eigenvalue weighted by Crippen LogP contribution is -2.07. The Bertz CT molecular complexity index is 452. The van der Waals surface area contributed by atoms with Gasteiger partial charge in [-0.3, -0.25) is 4.55 Å². The molecule has 1 unspecified atom stereocenters. The number of benzene rings is 1. The Morgan fingerprint density at radius 3 is 2.33 bits per heavy atom. The summed E-state index contributed by atoms with van der Waals surface area (Å²) in [7, 11) is -4.54. The van der Waals surface area contributed by atoms with Crippen molar-refractivity contribution < 1.29 is 27.4 Å². The molecular formula is C8H10O6S. The Labute approximate surface area is 86.7 Å². The quantitative estimate of drug-likeness (QED) is 0.532. The Hall–Kier alpha value is -1.31. The standard InChI is InChI=1S/C8H10O6S/c1-5(14-15(11,12)13)6-2-3-7(9)8(10)4-6/h2-5,9-10H,1H3,(H,11,12,13). The number of phenols is 2. The molecule has 0 spiro atoms. The molecule has 0 aliphatic carbocycles. The summed E-state index contributed by atoms with van der Waals surface area (Å²) >= 11 is 0. The number of aromatic hydroxyl groups is 2. The van der Waals surface area contributed by atoms with E-state index in [1.807, 2.05) is 0 Å². The van der Waals surface area contributed by atoms with Gasteiger partial charge in [0.2, 0.25) is 0 Å². The summed E-state index contributed by atoms with van der Waals surface area (Å²) < 4.78 is 33.4. The maximum Gasteiger partial charge on any atom is 0.397 e. The highest BCUT2D eigenvalue weighted by Crippen LogP contribution is 2.29. The van der Waals surface area contributed by atoms with Crippen LogP contribution >= 0.6 is 0 Å². The van der Waals surface area contributed by atoms with Crippen LogP contribution in [0.1, 0.15) is 18.6 Å². The molecule has 1 aromatic carbocycles.